The van der Waals surface area contributed by atoms with E-state index in [1.54, 1.807) is 30.3 Å². The molecule has 3 heterocycles. The molecule has 7 rings (SSSR count). The molecule has 0 aliphatic rings. The van der Waals surface area contributed by atoms with Gasteiger partial charge in [-0.25, -0.2) is 0 Å². The summed E-state index contributed by atoms with van der Waals surface area (Å²) in [6.07, 6.45) is 1.39. The third-order valence-electron chi connectivity index (χ3n) is 7.95. The van der Waals surface area contributed by atoms with Crippen LogP contribution < -0.4 is 0 Å². The first-order valence-corrected chi connectivity index (χ1v) is 16.0. The van der Waals surface area contributed by atoms with Crippen molar-refractivity contribution >= 4 is 32.5 Å². The van der Waals surface area contributed by atoms with Gasteiger partial charge in [-0.15, -0.1) is 47.3 Å². The molecule has 0 amide bonds. The standard InChI is InChI=1S/C29H29N2S.C12H10N.Ir/c1-18(2)21-9-8-10-22(19(3)4)24(21)16-31-27-12-7-6-11-26(27)30-29(31)25-17-32-28-14-13-20(5)15-23(25)28;1-10-7-8-12(13-9-10)11-5-3-2-4-6-11;/h6-15,18-19H,16H2,1-5H3;2-5,7-9H,1H3;/q2*-1;/i5D3;1D3;. The van der Waals surface area contributed by atoms with E-state index in [0.717, 1.165) is 43.8 Å². The second-order valence-electron chi connectivity index (χ2n) is 11.7. The number of imidazole rings is 1. The van der Waals surface area contributed by atoms with Gasteiger partial charge < -0.3 is 9.55 Å². The molecule has 235 valence electrons. The van der Waals surface area contributed by atoms with Crippen LogP contribution in [0, 0.1) is 25.2 Å². The zero-order chi connectivity index (χ0) is 36.5. The average Bonchev–Trinajstić information content (AvgIpc) is 3.69. The van der Waals surface area contributed by atoms with Gasteiger partial charge in [0.1, 0.15) is 0 Å². The summed E-state index contributed by atoms with van der Waals surface area (Å²) in [6, 6.07) is 34.0. The Morgan fingerprint density at radius 1 is 0.826 bits per heavy atom. The van der Waals surface area contributed by atoms with Crippen LogP contribution in [-0.4, -0.2) is 14.5 Å². The zero-order valence-electron chi connectivity index (χ0n) is 32.3. The van der Waals surface area contributed by atoms with Crippen molar-refractivity contribution in [1.29, 1.82) is 0 Å². The molecule has 3 nitrogen and oxygen atoms in total. The molecule has 46 heavy (non-hydrogen) atoms. The topological polar surface area (TPSA) is 30.7 Å². The molecule has 0 aliphatic carbocycles. The number of rotatable bonds is 6. The quantitative estimate of drug-likeness (QED) is 0.157. The minimum absolute atomic E-state index is 0. The van der Waals surface area contributed by atoms with E-state index in [0.29, 0.717) is 23.9 Å². The van der Waals surface area contributed by atoms with E-state index >= 15 is 0 Å². The maximum atomic E-state index is 7.89. The molecule has 0 spiro atoms. The normalized spacial score (nSPS) is 13.6. The molecular formula is C41H39IrN3S-2. The molecule has 0 atom stereocenters. The van der Waals surface area contributed by atoms with Gasteiger partial charge >= 0.3 is 0 Å². The van der Waals surface area contributed by atoms with Crippen LogP contribution in [0.25, 0.3) is 43.8 Å². The van der Waals surface area contributed by atoms with Gasteiger partial charge in [0.05, 0.1) is 16.9 Å². The Hall–Kier alpha value is -3.89. The number of para-hydroxylation sites is 2. The fourth-order valence-electron chi connectivity index (χ4n) is 5.72. The van der Waals surface area contributed by atoms with Crippen molar-refractivity contribution in [3.05, 3.63) is 143 Å². The summed E-state index contributed by atoms with van der Waals surface area (Å²) in [5.74, 6) is 1.63. The summed E-state index contributed by atoms with van der Waals surface area (Å²) in [5.41, 5.74) is 9.08. The molecule has 4 aromatic carbocycles. The third-order valence-corrected chi connectivity index (χ3v) is 8.83. The van der Waals surface area contributed by atoms with E-state index < -0.39 is 13.7 Å². The average molecular weight is 804 g/mol. The molecule has 3 aromatic heterocycles. The maximum Gasteiger partial charge on any atom is 0.0770 e. The summed E-state index contributed by atoms with van der Waals surface area (Å²) in [6.45, 7) is 5.42. The Kier molecular flexibility index (Phi) is 8.37. The van der Waals surface area contributed by atoms with Crippen LogP contribution >= 0.6 is 11.3 Å². The van der Waals surface area contributed by atoms with Crippen molar-refractivity contribution in [2.75, 3.05) is 0 Å². The minimum atomic E-state index is -2.16. The Labute approximate surface area is 299 Å². The van der Waals surface area contributed by atoms with Gasteiger partial charge in [-0.3, -0.25) is 16.3 Å². The van der Waals surface area contributed by atoms with Crippen LogP contribution in [-0.2, 0) is 26.7 Å². The number of hydrogen-bond donors (Lipinski definition) is 0. The number of pyridine rings is 1. The number of aromatic nitrogens is 3. The molecule has 0 saturated carbocycles. The van der Waals surface area contributed by atoms with Gasteiger partial charge in [0.15, 0.2) is 0 Å². The van der Waals surface area contributed by atoms with Gasteiger partial charge in [0.2, 0.25) is 0 Å². The molecule has 0 N–H and O–H groups in total. The molecule has 0 bridgehead atoms. The molecule has 0 fully saturated rings. The van der Waals surface area contributed by atoms with E-state index in [2.05, 4.69) is 73.0 Å². The Balaban J connectivity index is 0.000000258. The van der Waals surface area contributed by atoms with E-state index in [-0.39, 0.29) is 25.7 Å². The van der Waals surface area contributed by atoms with Gasteiger partial charge in [0, 0.05) is 41.1 Å². The first kappa shape index (κ1) is 26.2. The van der Waals surface area contributed by atoms with Crippen molar-refractivity contribution in [1.82, 2.24) is 14.5 Å². The van der Waals surface area contributed by atoms with Crippen LogP contribution in [0.2, 0.25) is 0 Å². The number of thiophene rings is 1. The Morgan fingerprint density at radius 3 is 2.24 bits per heavy atom. The van der Waals surface area contributed by atoms with E-state index in [4.69, 9.17) is 13.2 Å². The van der Waals surface area contributed by atoms with Gasteiger partial charge in [0.25, 0.3) is 0 Å². The van der Waals surface area contributed by atoms with Crippen LogP contribution in [0.4, 0.5) is 0 Å². The molecule has 1 radical (unpaired) electrons. The van der Waals surface area contributed by atoms with Gasteiger partial charge in [-0.05, 0) is 65.6 Å². The first-order valence-electron chi connectivity index (χ1n) is 18.2. The monoisotopic (exact) mass is 804 g/mol. The van der Waals surface area contributed by atoms with Gasteiger partial charge in [-0.2, -0.15) is 0 Å². The fraction of sp³-hybridized carbons (Fsp3) is 0.220. The maximum absolute atomic E-state index is 7.89. The number of aryl methyl sites for hydroxylation is 2. The molecular weight excluding hydrogens is 759 g/mol. The van der Waals surface area contributed by atoms with Crippen molar-refractivity contribution in [2.45, 2.75) is 59.8 Å². The van der Waals surface area contributed by atoms with Gasteiger partial charge in [-0.1, -0.05) is 103 Å². The minimum Gasteiger partial charge on any atom is -0.360 e. The second-order valence-corrected chi connectivity index (χ2v) is 12.6. The summed E-state index contributed by atoms with van der Waals surface area (Å²) >= 11 is 1.51. The van der Waals surface area contributed by atoms with Crippen LogP contribution in [0.1, 0.15) is 75.6 Å². The molecule has 0 saturated heterocycles. The summed E-state index contributed by atoms with van der Waals surface area (Å²) in [7, 11) is 0. The van der Waals surface area contributed by atoms with E-state index in [1.807, 2.05) is 42.5 Å². The number of fused-ring (bicyclic) bond motifs is 2. The largest absolute Gasteiger partial charge is 0.360 e. The predicted molar refractivity (Wildman–Crippen MR) is 191 cm³/mol. The fourth-order valence-corrected chi connectivity index (χ4v) is 6.54. The Morgan fingerprint density at radius 2 is 1.57 bits per heavy atom. The molecule has 7 aromatic rings. The smallest absolute Gasteiger partial charge is 0.0770 e. The molecule has 5 heteroatoms. The van der Waals surface area contributed by atoms with Crippen LogP contribution in [0.3, 0.4) is 0 Å². The van der Waals surface area contributed by atoms with Crippen molar-refractivity contribution in [3.63, 3.8) is 0 Å². The summed E-state index contributed by atoms with van der Waals surface area (Å²) < 4.78 is 48.7. The summed E-state index contributed by atoms with van der Waals surface area (Å²) in [5, 5.41) is 4.34. The summed E-state index contributed by atoms with van der Waals surface area (Å²) in [4.78, 5) is 9.16. The number of hydrogen-bond acceptors (Lipinski definition) is 3. The van der Waals surface area contributed by atoms with Crippen molar-refractivity contribution in [3.8, 4) is 22.6 Å². The Bertz CT molecular complexity index is 2250. The SMILES string of the molecule is [2H]C([2H])([2H])c1ccc(-c2[c-]cccc2)nc1.[2H]C([2H])([2H])c1ccc2s[c-]c(-c3nc4ccccc4n3Cc3c(C(C)C)cccc3C(C)C)c2c1.[Ir]. The van der Waals surface area contributed by atoms with E-state index in [1.165, 1.54) is 34.2 Å². The number of nitrogens with zero attached hydrogens (tertiary/aromatic N) is 3. The second kappa shape index (κ2) is 14.7. The van der Waals surface area contributed by atoms with E-state index in [9.17, 15) is 0 Å². The predicted octanol–water partition coefficient (Wildman–Crippen LogP) is 11.2. The van der Waals surface area contributed by atoms with Crippen LogP contribution in [0.5, 0.6) is 0 Å². The zero-order valence-corrected chi connectivity index (χ0v) is 29.5. The molecule has 0 aliphatic heterocycles. The third kappa shape index (κ3) is 7.08. The first-order chi connectivity index (χ1) is 24.2. The number of benzene rings is 4. The van der Waals surface area contributed by atoms with Crippen LogP contribution in [0.15, 0.2) is 103 Å². The van der Waals surface area contributed by atoms with Crippen molar-refractivity contribution in [2.24, 2.45) is 0 Å². The van der Waals surface area contributed by atoms with Crippen molar-refractivity contribution < 1.29 is 28.3 Å². The molecule has 0 unspecified atom stereocenters.